The number of amides is 1. The van der Waals surface area contributed by atoms with Crippen LogP contribution in [0.1, 0.15) is 51.5 Å². The molecular weight excluding hydrogens is 312 g/mol. The molecule has 0 saturated heterocycles. The van der Waals surface area contributed by atoms with Crippen LogP contribution in [0.15, 0.2) is 18.2 Å². The molecule has 134 valence electrons. The summed E-state index contributed by atoms with van der Waals surface area (Å²) in [6.45, 7) is 9.57. The van der Waals surface area contributed by atoms with Crippen LogP contribution < -0.4 is 10.1 Å². The summed E-state index contributed by atoms with van der Waals surface area (Å²) in [6.07, 6.45) is 0.0951. The molecule has 0 bridgehead atoms. The summed E-state index contributed by atoms with van der Waals surface area (Å²) in [6, 6.07) is 3.74. The number of nitrogens with zero attached hydrogens (tertiary/aromatic N) is 1. The van der Waals surface area contributed by atoms with E-state index in [0.717, 1.165) is 0 Å². The number of hydrogen-bond donors (Lipinski definition) is 2. The van der Waals surface area contributed by atoms with Crippen LogP contribution in [-0.2, 0) is 9.53 Å². The van der Waals surface area contributed by atoms with Gasteiger partial charge in [0.15, 0.2) is 0 Å². The predicted octanol–water partition coefficient (Wildman–Crippen LogP) is 2.26. The fourth-order valence-electron chi connectivity index (χ4n) is 1.82. The third kappa shape index (κ3) is 7.41. The molecule has 7 heteroatoms. The summed E-state index contributed by atoms with van der Waals surface area (Å²) in [5.74, 6) is -1.36. The molecule has 24 heavy (non-hydrogen) atoms. The van der Waals surface area contributed by atoms with E-state index in [1.165, 1.54) is 6.07 Å². The first-order chi connectivity index (χ1) is 11.1. The minimum Gasteiger partial charge on any atom is -0.480 e. The molecule has 1 aromatic heterocycles. The van der Waals surface area contributed by atoms with Crippen molar-refractivity contribution in [3.8, 4) is 5.88 Å². The number of hydrogen-bond acceptors (Lipinski definition) is 5. The Labute approximate surface area is 142 Å². The summed E-state index contributed by atoms with van der Waals surface area (Å²) in [5, 5.41) is 11.7. The monoisotopic (exact) mass is 338 g/mol. The number of pyridine rings is 1. The van der Waals surface area contributed by atoms with E-state index in [4.69, 9.17) is 9.47 Å². The van der Waals surface area contributed by atoms with Crippen molar-refractivity contribution in [2.75, 3.05) is 6.61 Å². The van der Waals surface area contributed by atoms with Gasteiger partial charge < -0.3 is 19.9 Å². The number of carboxylic acid groups (broad SMARTS) is 1. The maximum atomic E-state index is 12.2. The van der Waals surface area contributed by atoms with Crippen LogP contribution in [0.5, 0.6) is 5.88 Å². The molecule has 1 unspecified atom stereocenters. The highest BCUT2D eigenvalue weighted by atomic mass is 16.5. The molecular formula is C17H26N2O5. The average molecular weight is 338 g/mol. The van der Waals surface area contributed by atoms with Gasteiger partial charge in [-0.1, -0.05) is 6.07 Å². The van der Waals surface area contributed by atoms with Crippen LogP contribution in [0.2, 0.25) is 0 Å². The van der Waals surface area contributed by atoms with Crippen molar-refractivity contribution in [1.82, 2.24) is 10.3 Å². The van der Waals surface area contributed by atoms with Gasteiger partial charge in [0.25, 0.3) is 5.91 Å². The number of carbonyl (C=O) groups excluding carboxylic acids is 1. The highest BCUT2D eigenvalue weighted by Crippen LogP contribution is 2.11. The van der Waals surface area contributed by atoms with Gasteiger partial charge in [-0.3, -0.25) is 4.79 Å². The lowest BCUT2D eigenvalue weighted by Gasteiger charge is -2.21. The highest BCUT2D eigenvalue weighted by molar-refractivity contribution is 5.95. The van der Waals surface area contributed by atoms with Crippen molar-refractivity contribution < 1.29 is 24.2 Å². The van der Waals surface area contributed by atoms with Crippen molar-refractivity contribution in [2.24, 2.45) is 0 Å². The van der Waals surface area contributed by atoms with E-state index in [-0.39, 0.29) is 30.4 Å². The van der Waals surface area contributed by atoms with Gasteiger partial charge in [0.1, 0.15) is 11.7 Å². The van der Waals surface area contributed by atoms with Gasteiger partial charge in [-0.15, -0.1) is 0 Å². The van der Waals surface area contributed by atoms with Crippen LogP contribution in [0.25, 0.3) is 0 Å². The van der Waals surface area contributed by atoms with E-state index >= 15 is 0 Å². The molecule has 0 aliphatic carbocycles. The molecule has 0 aliphatic heterocycles. The summed E-state index contributed by atoms with van der Waals surface area (Å²) < 4.78 is 10.9. The lowest BCUT2D eigenvalue weighted by Crippen LogP contribution is -2.42. The molecule has 0 saturated carbocycles. The van der Waals surface area contributed by atoms with Crippen LogP contribution >= 0.6 is 0 Å². The smallest absolute Gasteiger partial charge is 0.326 e. The Hall–Kier alpha value is -2.15. The minimum absolute atomic E-state index is 0.0721. The summed E-state index contributed by atoms with van der Waals surface area (Å²) in [7, 11) is 0. The van der Waals surface area contributed by atoms with E-state index < -0.39 is 17.9 Å². The molecule has 1 atom stereocenters. The normalized spacial score (nSPS) is 12.8. The van der Waals surface area contributed by atoms with Crippen molar-refractivity contribution in [3.63, 3.8) is 0 Å². The molecule has 0 spiro atoms. The zero-order valence-electron chi connectivity index (χ0n) is 14.8. The Kier molecular flexibility index (Phi) is 7.16. The van der Waals surface area contributed by atoms with Crippen LogP contribution in [0.4, 0.5) is 0 Å². The second-order valence-electron chi connectivity index (χ2n) is 6.64. The fourth-order valence-corrected chi connectivity index (χ4v) is 1.82. The molecule has 1 rings (SSSR count). The number of carboxylic acids is 1. The number of aromatic nitrogens is 1. The maximum absolute atomic E-state index is 12.2. The Balaban J connectivity index is 2.69. The van der Waals surface area contributed by atoms with Gasteiger partial charge in [-0.25, -0.2) is 9.78 Å². The van der Waals surface area contributed by atoms with Gasteiger partial charge >= 0.3 is 5.97 Å². The Morgan fingerprint density at radius 2 is 1.96 bits per heavy atom. The second kappa shape index (κ2) is 8.63. The molecule has 0 fully saturated rings. The molecule has 1 amide bonds. The predicted molar refractivity (Wildman–Crippen MR) is 89.2 cm³/mol. The maximum Gasteiger partial charge on any atom is 0.326 e. The Morgan fingerprint density at radius 1 is 1.29 bits per heavy atom. The molecule has 7 nitrogen and oxygen atoms in total. The zero-order chi connectivity index (χ0) is 18.3. The molecule has 1 aromatic rings. The van der Waals surface area contributed by atoms with Gasteiger partial charge in [0, 0.05) is 19.1 Å². The molecule has 0 aliphatic rings. The molecule has 0 radical (unpaired) electrons. The van der Waals surface area contributed by atoms with Crippen LogP contribution in [-0.4, -0.2) is 46.3 Å². The van der Waals surface area contributed by atoms with Gasteiger partial charge in [0.05, 0.1) is 11.7 Å². The quantitative estimate of drug-likeness (QED) is 0.754. The topological polar surface area (TPSA) is 97.8 Å². The van der Waals surface area contributed by atoms with Crippen molar-refractivity contribution in [1.29, 1.82) is 0 Å². The first-order valence-electron chi connectivity index (χ1n) is 7.90. The molecule has 0 aromatic carbocycles. The van der Waals surface area contributed by atoms with E-state index in [0.29, 0.717) is 5.88 Å². The van der Waals surface area contributed by atoms with Gasteiger partial charge in [-0.05, 0) is 40.7 Å². The minimum atomic E-state index is -1.12. The van der Waals surface area contributed by atoms with E-state index in [2.05, 4.69) is 10.3 Å². The number of aliphatic carboxylic acids is 1. The van der Waals surface area contributed by atoms with E-state index in [9.17, 15) is 14.7 Å². The van der Waals surface area contributed by atoms with Crippen molar-refractivity contribution in [3.05, 3.63) is 23.9 Å². The third-order valence-electron chi connectivity index (χ3n) is 2.86. The first-order valence-corrected chi connectivity index (χ1v) is 7.90. The molecule has 2 N–H and O–H groups in total. The Bertz CT molecular complexity index is 566. The van der Waals surface area contributed by atoms with Gasteiger partial charge in [0.2, 0.25) is 5.88 Å². The SMILES string of the molecule is CC(C)Oc1cccc(C(=O)NC(CCOC(C)(C)C)C(=O)O)n1. The van der Waals surface area contributed by atoms with Crippen LogP contribution in [0.3, 0.4) is 0 Å². The lowest BCUT2D eigenvalue weighted by atomic mass is 10.1. The standard InChI is InChI=1S/C17H26N2O5/c1-11(2)24-14-8-6-7-12(18-14)15(20)19-13(16(21)22)9-10-23-17(3,4)5/h6-8,11,13H,9-10H2,1-5H3,(H,19,20)(H,21,22). The fraction of sp³-hybridized carbons (Fsp3) is 0.588. The van der Waals surface area contributed by atoms with E-state index in [1.807, 2.05) is 34.6 Å². The van der Waals surface area contributed by atoms with Crippen LogP contribution in [0, 0.1) is 0 Å². The lowest BCUT2D eigenvalue weighted by molar-refractivity contribution is -0.140. The largest absolute Gasteiger partial charge is 0.480 e. The average Bonchev–Trinajstić information content (AvgIpc) is 2.44. The summed E-state index contributed by atoms with van der Waals surface area (Å²) >= 11 is 0. The number of nitrogens with one attached hydrogen (secondary N) is 1. The van der Waals surface area contributed by atoms with Crippen molar-refractivity contribution in [2.45, 2.75) is 58.8 Å². The van der Waals surface area contributed by atoms with Gasteiger partial charge in [-0.2, -0.15) is 0 Å². The number of ether oxygens (including phenoxy) is 2. The summed E-state index contributed by atoms with van der Waals surface area (Å²) in [5.41, 5.74) is -0.256. The number of carbonyl (C=O) groups is 2. The third-order valence-corrected chi connectivity index (χ3v) is 2.86. The van der Waals surface area contributed by atoms with E-state index in [1.54, 1.807) is 12.1 Å². The molecule has 1 heterocycles. The summed E-state index contributed by atoms with van der Waals surface area (Å²) in [4.78, 5) is 27.6. The first kappa shape index (κ1) is 19.9. The van der Waals surface area contributed by atoms with Crippen molar-refractivity contribution >= 4 is 11.9 Å². The highest BCUT2D eigenvalue weighted by Gasteiger charge is 2.22. The Morgan fingerprint density at radius 3 is 2.50 bits per heavy atom. The number of rotatable bonds is 8. The second-order valence-corrected chi connectivity index (χ2v) is 6.64. The zero-order valence-corrected chi connectivity index (χ0v) is 14.8.